The minimum Gasteiger partial charge on any atom is -0.490 e. The average molecular weight is 401 g/mol. The zero-order valence-electron chi connectivity index (χ0n) is 17.2. The molecule has 1 aliphatic heterocycles. The van der Waals surface area contributed by atoms with Crippen LogP contribution >= 0.6 is 0 Å². The number of piperidine rings is 1. The standard InChI is InChI=1S/C26H28N2O2/c1-2-18-30-24-12-10-23(11-13-24)27-26(29)21-14-16-28(17-15-21)19-22-8-5-7-20-6-3-4-9-25(20)22/h2-13,21H,1,14-19H2,(H,27,29). The number of ether oxygens (including phenoxy) is 1. The second kappa shape index (κ2) is 9.59. The summed E-state index contributed by atoms with van der Waals surface area (Å²) in [6.07, 6.45) is 3.48. The molecule has 0 spiro atoms. The van der Waals surface area contributed by atoms with E-state index in [1.807, 2.05) is 24.3 Å². The molecule has 154 valence electrons. The maximum Gasteiger partial charge on any atom is 0.227 e. The molecule has 1 heterocycles. The van der Waals surface area contributed by atoms with Gasteiger partial charge in [-0.1, -0.05) is 55.1 Å². The summed E-state index contributed by atoms with van der Waals surface area (Å²) in [5, 5.41) is 5.65. The molecule has 0 bridgehead atoms. The lowest BCUT2D eigenvalue weighted by atomic mass is 9.95. The molecule has 1 amide bonds. The zero-order chi connectivity index (χ0) is 20.8. The summed E-state index contributed by atoms with van der Waals surface area (Å²) in [7, 11) is 0. The number of nitrogens with one attached hydrogen (secondary N) is 1. The van der Waals surface area contributed by atoms with Crippen LogP contribution in [0.4, 0.5) is 5.69 Å². The maximum absolute atomic E-state index is 12.7. The van der Waals surface area contributed by atoms with Crippen LogP contribution in [0.1, 0.15) is 18.4 Å². The number of benzene rings is 3. The molecular weight excluding hydrogens is 372 g/mol. The summed E-state index contributed by atoms with van der Waals surface area (Å²) in [4.78, 5) is 15.1. The number of rotatable bonds is 7. The smallest absolute Gasteiger partial charge is 0.227 e. The molecule has 0 aliphatic carbocycles. The number of hydrogen-bond donors (Lipinski definition) is 1. The molecule has 0 saturated carbocycles. The van der Waals surface area contributed by atoms with Gasteiger partial charge in [0.15, 0.2) is 0 Å². The van der Waals surface area contributed by atoms with Gasteiger partial charge in [-0.3, -0.25) is 9.69 Å². The van der Waals surface area contributed by atoms with Gasteiger partial charge >= 0.3 is 0 Å². The predicted molar refractivity (Wildman–Crippen MR) is 123 cm³/mol. The molecule has 3 aromatic rings. The van der Waals surface area contributed by atoms with Crippen LogP contribution in [0.15, 0.2) is 79.4 Å². The van der Waals surface area contributed by atoms with Gasteiger partial charge < -0.3 is 10.1 Å². The summed E-state index contributed by atoms with van der Waals surface area (Å²) in [5.74, 6) is 0.944. The largest absolute Gasteiger partial charge is 0.490 e. The third-order valence-electron chi connectivity index (χ3n) is 5.72. The fraction of sp³-hybridized carbons (Fsp3) is 0.269. The normalized spacial score (nSPS) is 15.1. The fourth-order valence-electron chi connectivity index (χ4n) is 4.06. The van der Waals surface area contributed by atoms with E-state index in [1.165, 1.54) is 16.3 Å². The Balaban J connectivity index is 1.29. The van der Waals surface area contributed by atoms with Crippen molar-refractivity contribution in [3.63, 3.8) is 0 Å². The van der Waals surface area contributed by atoms with Gasteiger partial charge in [0, 0.05) is 18.2 Å². The molecule has 0 atom stereocenters. The first kappa shape index (κ1) is 20.2. The van der Waals surface area contributed by atoms with Crippen LogP contribution in [0.2, 0.25) is 0 Å². The molecule has 4 heteroatoms. The van der Waals surface area contributed by atoms with Gasteiger partial charge in [0.1, 0.15) is 12.4 Å². The van der Waals surface area contributed by atoms with E-state index in [2.05, 4.69) is 59.3 Å². The average Bonchev–Trinajstić information content (AvgIpc) is 2.79. The molecule has 1 fully saturated rings. The van der Waals surface area contributed by atoms with Gasteiger partial charge in [0.2, 0.25) is 5.91 Å². The number of anilines is 1. The second-order valence-electron chi connectivity index (χ2n) is 7.80. The van der Waals surface area contributed by atoms with Crippen molar-refractivity contribution in [1.82, 2.24) is 4.90 Å². The number of likely N-dealkylation sites (tertiary alicyclic amines) is 1. The van der Waals surface area contributed by atoms with Crippen LogP contribution in [-0.2, 0) is 11.3 Å². The maximum atomic E-state index is 12.7. The lowest BCUT2D eigenvalue weighted by Gasteiger charge is -2.31. The van der Waals surface area contributed by atoms with E-state index in [-0.39, 0.29) is 11.8 Å². The number of carbonyl (C=O) groups is 1. The van der Waals surface area contributed by atoms with Crippen molar-refractivity contribution in [1.29, 1.82) is 0 Å². The summed E-state index contributed by atoms with van der Waals surface area (Å²) < 4.78 is 5.48. The van der Waals surface area contributed by atoms with Gasteiger partial charge in [-0.25, -0.2) is 0 Å². The van der Waals surface area contributed by atoms with Gasteiger partial charge in [-0.15, -0.1) is 0 Å². The molecule has 1 saturated heterocycles. The minimum absolute atomic E-state index is 0.0606. The first-order chi connectivity index (χ1) is 14.7. The van der Waals surface area contributed by atoms with Crippen molar-refractivity contribution in [2.75, 3.05) is 25.0 Å². The number of hydrogen-bond acceptors (Lipinski definition) is 3. The highest BCUT2D eigenvalue weighted by Crippen LogP contribution is 2.25. The predicted octanol–water partition coefficient (Wildman–Crippen LogP) is 5.26. The number of amides is 1. The lowest BCUT2D eigenvalue weighted by Crippen LogP contribution is -2.37. The van der Waals surface area contributed by atoms with Crippen LogP contribution in [0.3, 0.4) is 0 Å². The first-order valence-electron chi connectivity index (χ1n) is 10.6. The van der Waals surface area contributed by atoms with Crippen LogP contribution in [-0.4, -0.2) is 30.5 Å². The SMILES string of the molecule is C=CCOc1ccc(NC(=O)C2CCN(Cc3cccc4ccccc34)CC2)cc1. The Labute approximate surface area is 178 Å². The van der Waals surface area contributed by atoms with E-state index in [9.17, 15) is 4.79 Å². The summed E-state index contributed by atoms with van der Waals surface area (Å²) in [6.45, 7) is 6.93. The van der Waals surface area contributed by atoms with E-state index < -0.39 is 0 Å². The summed E-state index contributed by atoms with van der Waals surface area (Å²) >= 11 is 0. The lowest BCUT2D eigenvalue weighted by molar-refractivity contribution is -0.121. The van der Waals surface area contributed by atoms with Crippen molar-refractivity contribution >= 4 is 22.4 Å². The van der Waals surface area contributed by atoms with Gasteiger partial charge in [-0.05, 0) is 66.5 Å². The molecule has 0 radical (unpaired) electrons. The van der Waals surface area contributed by atoms with Crippen LogP contribution in [0.5, 0.6) is 5.75 Å². The van der Waals surface area contributed by atoms with E-state index in [0.717, 1.165) is 43.9 Å². The van der Waals surface area contributed by atoms with E-state index in [1.54, 1.807) is 6.08 Å². The monoisotopic (exact) mass is 400 g/mol. The molecule has 4 nitrogen and oxygen atoms in total. The molecule has 1 N–H and O–H groups in total. The molecular formula is C26H28N2O2. The third-order valence-corrected chi connectivity index (χ3v) is 5.72. The molecule has 1 aliphatic rings. The van der Waals surface area contributed by atoms with Crippen molar-refractivity contribution in [2.24, 2.45) is 5.92 Å². The molecule has 0 aromatic heterocycles. The first-order valence-corrected chi connectivity index (χ1v) is 10.6. The Morgan fingerprint density at radius 2 is 1.77 bits per heavy atom. The Morgan fingerprint density at radius 1 is 1.03 bits per heavy atom. The van der Waals surface area contributed by atoms with Gasteiger partial charge in [-0.2, -0.15) is 0 Å². The van der Waals surface area contributed by atoms with Crippen LogP contribution < -0.4 is 10.1 Å². The quantitative estimate of drug-likeness (QED) is 0.551. The van der Waals surface area contributed by atoms with Crippen molar-refractivity contribution in [3.05, 3.63) is 84.9 Å². The number of carbonyl (C=O) groups excluding carboxylic acids is 1. The fourth-order valence-corrected chi connectivity index (χ4v) is 4.06. The Hall–Kier alpha value is -3.11. The van der Waals surface area contributed by atoms with Crippen molar-refractivity contribution < 1.29 is 9.53 Å². The number of fused-ring (bicyclic) bond motifs is 1. The van der Waals surface area contributed by atoms with Gasteiger partial charge in [0.25, 0.3) is 0 Å². The minimum atomic E-state index is 0.0606. The van der Waals surface area contributed by atoms with E-state index in [4.69, 9.17) is 4.74 Å². The van der Waals surface area contributed by atoms with E-state index >= 15 is 0 Å². The van der Waals surface area contributed by atoms with E-state index in [0.29, 0.717) is 6.61 Å². The van der Waals surface area contributed by atoms with Crippen molar-refractivity contribution in [2.45, 2.75) is 19.4 Å². The molecule has 3 aromatic carbocycles. The highest BCUT2D eigenvalue weighted by Gasteiger charge is 2.25. The number of nitrogens with zero attached hydrogens (tertiary/aromatic N) is 1. The highest BCUT2D eigenvalue weighted by atomic mass is 16.5. The van der Waals surface area contributed by atoms with Crippen LogP contribution in [0, 0.1) is 5.92 Å². The summed E-state index contributed by atoms with van der Waals surface area (Å²) in [6, 6.07) is 22.5. The Bertz CT molecular complexity index is 1000. The van der Waals surface area contributed by atoms with Crippen LogP contribution in [0.25, 0.3) is 10.8 Å². The Kier molecular flexibility index (Phi) is 6.45. The zero-order valence-corrected chi connectivity index (χ0v) is 17.2. The third kappa shape index (κ3) is 4.89. The highest BCUT2D eigenvalue weighted by molar-refractivity contribution is 5.92. The topological polar surface area (TPSA) is 41.6 Å². The summed E-state index contributed by atoms with van der Waals surface area (Å²) in [5.41, 5.74) is 2.17. The molecule has 0 unspecified atom stereocenters. The van der Waals surface area contributed by atoms with Crippen molar-refractivity contribution in [3.8, 4) is 5.75 Å². The molecule has 4 rings (SSSR count). The Morgan fingerprint density at radius 3 is 2.53 bits per heavy atom. The molecule has 30 heavy (non-hydrogen) atoms. The second-order valence-corrected chi connectivity index (χ2v) is 7.80. The van der Waals surface area contributed by atoms with Gasteiger partial charge in [0.05, 0.1) is 0 Å².